The van der Waals surface area contributed by atoms with Crippen LogP contribution in [-0.2, 0) is 12.8 Å². The number of aryl methyl sites for hydroxylation is 3. The van der Waals surface area contributed by atoms with Gasteiger partial charge in [-0.3, -0.25) is 0 Å². The third-order valence-electron chi connectivity index (χ3n) is 6.22. The number of hydrogen-bond acceptors (Lipinski definition) is 1. The zero-order valence-corrected chi connectivity index (χ0v) is 17.9. The van der Waals surface area contributed by atoms with Crippen LogP contribution in [0.4, 0.5) is 17.1 Å². The molecule has 30 heavy (non-hydrogen) atoms. The molecule has 4 aromatic carbocycles. The SMILES string of the molecule is CCc1ccc2ccc(N(c3ccc(C)cc3)c3ccc(C)cc3)c3c2c1CC=C3. The summed E-state index contributed by atoms with van der Waals surface area (Å²) >= 11 is 0. The first-order chi connectivity index (χ1) is 14.7. The molecule has 0 spiro atoms. The molecule has 1 aliphatic rings. The van der Waals surface area contributed by atoms with E-state index in [4.69, 9.17) is 0 Å². The van der Waals surface area contributed by atoms with Crippen molar-refractivity contribution in [3.05, 3.63) is 107 Å². The first-order valence-corrected chi connectivity index (χ1v) is 10.8. The van der Waals surface area contributed by atoms with Gasteiger partial charge in [-0.25, -0.2) is 0 Å². The lowest BCUT2D eigenvalue weighted by Crippen LogP contribution is -2.12. The van der Waals surface area contributed by atoms with E-state index in [0.29, 0.717) is 0 Å². The molecule has 0 aromatic heterocycles. The smallest absolute Gasteiger partial charge is 0.0540 e. The summed E-state index contributed by atoms with van der Waals surface area (Å²) in [6.07, 6.45) is 6.73. The zero-order valence-electron chi connectivity index (χ0n) is 17.9. The van der Waals surface area contributed by atoms with Crippen molar-refractivity contribution < 1.29 is 0 Å². The van der Waals surface area contributed by atoms with Gasteiger partial charge in [-0.2, -0.15) is 0 Å². The molecule has 0 N–H and O–H groups in total. The maximum absolute atomic E-state index is 2.39. The van der Waals surface area contributed by atoms with Crippen LogP contribution in [0.5, 0.6) is 0 Å². The zero-order chi connectivity index (χ0) is 20.7. The lowest BCUT2D eigenvalue weighted by atomic mass is 9.87. The van der Waals surface area contributed by atoms with Gasteiger partial charge in [0.2, 0.25) is 0 Å². The molecule has 0 aliphatic heterocycles. The van der Waals surface area contributed by atoms with Crippen LogP contribution in [0, 0.1) is 13.8 Å². The lowest BCUT2D eigenvalue weighted by Gasteiger charge is -2.29. The third-order valence-corrected chi connectivity index (χ3v) is 6.22. The van der Waals surface area contributed by atoms with Gasteiger partial charge in [-0.05, 0) is 78.9 Å². The summed E-state index contributed by atoms with van der Waals surface area (Å²) in [4.78, 5) is 2.39. The van der Waals surface area contributed by atoms with Crippen LogP contribution < -0.4 is 4.90 Å². The van der Waals surface area contributed by atoms with Crippen LogP contribution in [-0.4, -0.2) is 0 Å². The fraction of sp³-hybridized carbons (Fsp3) is 0.172. The van der Waals surface area contributed by atoms with Crippen LogP contribution in [0.15, 0.2) is 78.9 Å². The molecular formula is C29H27N. The summed E-state index contributed by atoms with van der Waals surface area (Å²) < 4.78 is 0. The fourth-order valence-electron chi connectivity index (χ4n) is 4.59. The van der Waals surface area contributed by atoms with Crippen molar-refractivity contribution in [3.63, 3.8) is 0 Å². The van der Waals surface area contributed by atoms with Crippen molar-refractivity contribution in [2.24, 2.45) is 0 Å². The Hall–Kier alpha value is -3.32. The van der Waals surface area contributed by atoms with Crippen molar-refractivity contribution in [3.8, 4) is 0 Å². The summed E-state index contributed by atoms with van der Waals surface area (Å²) in [7, 11) is 0. The Kier molecular flexibility index (Phi) is 4.67. The second kappa shape index (κ2) is 7.50. The van der Waals surface area contributed by atoms with Gasteiger partial charge in [-0.15, -0.1) is 0 Å². The van der Waals surface area contributed by atoms with Gasteiger partial charge < -0.3 is 4.90 Å². The average molecular weight is 390 g/mol. The molecule has 0 amide bonds. The molecule has 148 valence electrons. The molecule has 0 saturated carbocycles. The van der Waals surface area contributed by atoms with E-state index in [1.54, 1.807) is 0 Å². The largest absolute Gasteiger partial charge is 0.310 e. The van der Waals surface area contributed by atoms with Crippen molar-refractivity contribution in [1.82, 2.24) is 0 Å². The minimum atomic E-state index is 1.02. The van der Waals surface area contributed by atoms with E-state index >= 15 is 0 Å². The quantitative estimate of drug-likeness (QED) is 0.341. The summed E-state index contributed by atoms with van der Waals surface area (Å²) in [6, 6.07) is 26.8. The van der Waals surface area contributed by atoms with Crippen LogP contribution in [0.25, 0.3) is 16.8 Å². The van der Waals surface area contributed by atoms with E-state index < -0.39 is 0 Å². The molecule has 0 fully saturated rings. The minimum Gasteiger partial charge on any atom is -0.310 e. The van der Waals surface area contributed by atoms with Gasteiger partial charge in [0.1, 0.15) is 0 Å². The molecular weight excluding hydrogens is 362 g/mol. The second-order valence-electron chi connectivity index (χ2n) is 8.27. The molecule has 1 aliphatic carbocycles. The van der Waals surface area contributed by atoms with E-state index in [1.165, 1.54) is 55.7 Å². The Morgan fingerprint density at radius 1 is 0.733 bits per heavy atom. The average Bonchev–Trinajstić information content (AvgIpc) is 2.78. The molecule has 5 rings (SSSR count). The molecule has 0 radical (unpaired) electrons. The van der Waals surface area contributed by atoms with Gasteiger partial charge in [0.15, 0.2) is 0 Å². The number of benzene rings is 4. The van der Waals surface area contributed by atoms with Gasteiger partial charge >= 0.3 is 0 Å². The summed E-state index contributed by atoms with van der Waals surface area (Å²) in [5.41, 5.74) is 10.4. The molecule has 0 saturated heterocycles. The van der Waals surface area contributed by atoms with Crippen LogP contribution in [0.2, 0.25) is 0 Å². The van der Waals surface area contributed by atoms with Crippen molar-refractivity contribution >= 4 is 33.9 Å². The molecule has 0 atom stereocenters. The number of hydrogen-bond donors (Lipinski definition) is 0. The molecule has 4 aromatic rings. The minimum absolute atomic E-state index is 1.02. The van der Waals surface area contributed by atoms with E-state index in [9.17, 15) is 0 Å². The summed E-state index contributed by atoms with van der Waals surface area (Å²) in [5.74, 6) is 0. The fourth-order valence-corrected chi connectivity index (χ4v) is 4.59. The molecule has 0 heterocycles. The number of nitrogens with zero attached hydrogens (tertiary/aromatic N) is 1. The Labute approximate surface area is 179 Å². The lowest BCUT2D eigenvalue weighted by molar-refractivity contribution is 1.09. The number of rotatable bonds is 4. The molecule has 1 heteroatoms. The van der Waals surface area contributed by atoms with E-state index in [1.807, 2.05) is 0 Å². The molecule has 0 bridgehead atoms. The monoisotopic (exact) mass is 389 g/mol. The Bertz CT molecular complexity index is 1200. The molecule has 1 nitrogen and oxygen atoms in total. The van der Waals surface area contributed by atoms with Gasteiger partial charge in [0.05, 0.1) is 5.69 Å². The van der Waals surface area contributed by atoms with E-state index in [0.717, 1.165) is 12.8 Å². The first-order valence-electron chi connectivity index (χ1n) is 10.8. The summed E-state index contributed by atoms with van der Waals surface area (Å²) in [5, 5.41) is 2.75. The van der Waals surface area contributed by atoms with E-state index in [-0.39, 0.29) is 0 Å². The van der Waals surface area contributed by atoms with Gasteiger partial charge in [0.25, 0.3) is 0 Å². The van der Waals surface area contributed by atoms with Crippen molar-refractivity contribution in [2.45, 2.75) is 33.6 Å². The highest BCUT2D eigenvalue weighted by Crippen LogP contribution is 2.42. The van der Waals surface area contributed by atoms with Crippen molar-refractivity contribution in [1.29, 1.82) is 0 Å². The Morgan fingerprint density at radius 3 is 1.93 bits per heavy atom. The van der Waals surface area contributed by atoms with Crippen LogP contribution in [0.3, 0.4) is 0 Å². The highest BCUT2D eigenvalue weighted by molar-refractivity contribution is 6.02. The van der Waals surface area contributed by atoms with Crippen LogP contribution in [0.1, 0.15) is 34.7 Å². The van der Waals surface area contributed by atoms with Gasteiger partial charge in [0, 0.05) is 16.9 Å². The maximum atomic E-state index is 2.39. The normalized spacial score (nSPS) is 12.4. The highest BCUT2D eigenvalue weighted by atomic mass is 15.1. The second-order valence-corrected chi connectivity index (χ2v) is 8.27. The summed E-state index contributed by atoms with van der Waals surface area (Å²) in [6.45, 7) is 6.53. The maximum Gasteiger partial charge on any atom is 0.0540 e. The Morgan fingerprint density at radius 2 is 1.33 bits per heavy atom. The predicted octanol–water partition coefficient (Wildman–Crippen LogP) is 8.06. The highest BCUT2D eigenvalue weighted by Gasteiger charge is 2.20. The first kappa shape index (κ1) is 18.7. The van der Waals surface area contributed by atoms with E-state index in [2.05, 4.69) is 111 Å². The van der Waals surface area contributed by atoms with Gasteiger partial charge in [-0.1, -0.05) is 72.7 Å². The standard InChI is InChI=1S/C29H27N/c1-4-22-12-13-23-14-19-28(27-7-5-6-26(22)29(23)27)30(24-15-8-20(2)9-16-24)25-17-10-21(3)11-18-25/h5,7-19H,4,6H2,1-3H3. The third kappa shape index (κ3) is 3.11. The Balaban J connectivity index is 1.79. The molecule has 0 unspecified atom stereocenters. The topological polar surface area (TPSA) is 3.24 Å². The number of allylic oxidation sites excluding steroid dienone is 1. The number of anilines is 3. The van der Waals surface area contributed by atoms with Crippen LogP contribution >= 0.6 is 0 Å². The van der Waals surface area contributed by atoms with Crippen molar-refractivity contribution in [2.75, 3.05) is 4.90 Å². The predicted molar refractivity (Wildman–Crippen MR) is 130 cm³/mol.